The molecular formula is C26H19BrN4O3. The summed E-state index contributed by atoms with van der Waals surface area (Å²) < 4.78 is 8.17. The number of hydrogen-bond donors (Lipinski definition) is 1. The highest BCUT2D eigenvalue weighted by molar-refractivity contribution is 9.10. The number of aromatic nitrogens is 2. The molecule has 2 aromatic heterocycles. The number of halogens is 1. The second-order valence-electron chi connectivity index (χ2n) is 7.52. The summed E-state index contributed by atoms with van der Waals surface area (Å²) in [5, 5.41) is 12.4. The van der Waals surface area contributed by atoms with E-state index in [1.54, 1.807) is 48.7 Å². The highest BCUT2D eigenvalue weighted by Gasteiger charge is 2.18. The third-order valence-corrected chi connectivity index (χ3v) is 5.65. The van der Waals surface area contributed by atoms with Gasteiger partial charge in [0.1, 0.15) is 28.6 Å². The summed E-state index contributed by atoms with van der Waals surface area (Å²) in [6.07, 6.45) is 2.80. The molecule has 4 rings (SSSR count). The van der Waals surface area contributed by atoms with E-state index < -0.39 is 11.5 Å². The molecule has 1 N–H and O–H groups in total. The lowest BCUT2D eigenvalue weighted by molar-refractivity contribution is -0.112. The van der Waals surface area contributed by atoms with Crippen molar-refractivity contribution in [3.8, 4) is 17.7 Å². The molecule has 0 atom stereocenters. The molecule has 168 valence electrons. The van der Waals surface area contributed by atoms with Gasteiger partial charge < -0.3 is 10.1 Å². The van der Waals surface area contributed by atoms with Crippen LogP contribution in [0.5, 0.6) is 11.6 Å². The Hall–Kier alpha value is -4.22. The number of ether oxygens (including phenoxy) is 1. The standard InChI is InChI=1S/C26H19BrN4O3/c1-16-6-3-4-8-22(16)29-24(32)18(15-28)14-21-25(34-20-11-9-19(27)10-12-20)30-23-17(2)7-5-13-31(23)26(21)33/h3-14H,1-2H3,(H,29,32)/b18-14-. The van der Waals surface area contributed by atoms with E-state index in [9.17, 15) is 14.9 Å². The monoisotopic (exact) mass is 514 g/mol. The van der Waals surface area contributed by atoms with Gasteiger partial charge in [0, 0.05) is 16.4 Å². The number of para-hydroxylation sites is 1. The number of rotatable bonds is 5. The number of aryl methyl sites for hydroxylation is 2. The topological polar surface area (TPSA) is 96.5 Å². The molecule has 0 saturated carbocycles. The molecule has 2 aromatic carbocycles. The van der Waals surface area contributed by atoms with E-state index in [1.165, 1.54) is 10.5 Å². The number of fused-ring (bicyclic) bond motifs is 1. The molecule has 0 radical (unpaired) electrons. The first kappa shape index (κ1) is 23.0. The van der Waals surface area contributed by atoms with Crippen molar-refractivity contribution in [1.29, 1.82) is 5.26 Å². The van der Waals surface area contributed by atoms with Crippen LogP contribution in [-0.4, -0.2) is 15.3 Å². The van der Waals surface area contributed by atoms with Crippen LogP contribution < -0.4 is 15.6 Å². The Morgan fingerprint density at radius 2 is 1.79 bits per heavy atom. The molecule has 0 bridgehead atoms. The Bertz CT molecular complexity index is 1530. The molecule has 0 saturated heterocycles. The normalized spacial score (nSPS) is 11.2. The minimum Gasteiger partial charge on any atom is -0.438 e. The van der Waals surface area contributed by atoms with Crippen LogP contribution in [0, 0.1) is 25.2 Å². The Morgan fingerprint density at radius 3 is 2.50 bits per heavy atom. The molecule has 1 amide bonds. The summed E-state index contributed by atoms with van der Waals surface area (Å²) in [6.45, 7) is 3.68. The van der Waals surface area contributed by atoms with Crippen LogP contribution in [0.2, 0.25) is 0 Å². The molecule has 2 heterocycles. The van der Waals surface area contributed by atoms with Crippen molar-refractivity contribution in [2.75, 3.05) is 5.32 Å². The van der Waals surface area contributed by atoms with E-state index >= 15 is 0 Å². The van der Waals surface area contributed by atoms with E-state index in [4.69, 9.17) is 4.74 Å². The predicted molar refractivity (Wildman–Crippen MR) is 134 cm³/mol. The van der Waals surface area contributed by atoms with Crippen LogP contribution in [0.15, 0.2) is 81.7 Å². The lowest BCUT2D eigenvalue weighted by atomic mass is 10.1. The molecule has 8 heteroatoms. The lowest BCUT2D eigenvalue weighted by Crippen LogP contribution is -2.21. The van der Waals surface area contributed by atoms with Crippen LogP contribution in [0.4, 0.5) is 5.69 Å². The third kappa shape index (κ3) is 4.75. The van der Waals surface area contributed by atoms with Crippen molar-refractivity contribution in [3.05, 3.63) is 104 Å². The van der Waals surface area contributed by atoms with Gasteiger partial charge in [-0.2, -0.15) is 10.2 Å². The van der Waals surface area contributed by atoms with E-state index in [1.807, 2.05) is 38.1 Å². The maximum absolute atomic E-state index is 13.4. The Labute approximate surface area is 204 Å². The van der Waals surface area contributed by atoms with E-state index in [2.05, 4.69) is 26.2 Å². The van der Waals surface area contributed by atoms with Crippen molar-refractivity contribution in [3.63, 3.8) is 0 Å². The molecule has 0 unspecified atom stereocenters. The molecule has 7 nitrogen and oxygen atoms in total. The lowest BCUT2D eigenvalue weighted by Gasteiger charge is -2.12. The predicted octanol–water partition coefficient (Wildman–Crippen LogP) is 5.41. The number of nitrogens with zero attached hydrogens (tertiary/aromatic N) is 3. The van der Waals surface area contributed by atoms with Crippen molar-refractivity contribution in [2.24, 2.45) is 0 Å². The number of nitriles is 1. The first-order valence-electron chi connectivity index (χ1n) is 10.3. The van der Waals surface area contributed by atoms with E-state index in [0.29, 0.717) is 17.1 Å². The highest BCUT2D eigenvalue weighted by atomic mass is 79.9. The zero-order valence-electron chi connectivity index (χ0n) is 18.4. The van der Waals surface area contributed by atoms with Gasteiger partial charge in [-0.05, 0) is 67.4 Å². The highest BCUT2D eigenvalue weighted by Crippen LogP contribution is 2.26. The molecule has 0 aliphatic carbocycles. The first-order valence-corrected chi connectivity index (χ1v) is 11.1. The van der Waals surface area contributed by atoms with Gasteiger partial charge in [0.2, 0.25) is 5.88 Å². The summed E-state index contributed by atoms with van der Waals surface area (Å²) >= 11 is 3.37. The summed E-state index contributed by atoms with van der Waals surface area (Å²) in [5.41, 5.74) is 1.88. The molecule has 4 aromatic rings. The number of carbonyl (C=O) groups is 1. The van der Waals surface area contributed by atoms with Crippen LogP contribution in [0.1, 0.15) is 16.7 Å². The number of benzene rings is 2. The minimum atomic E-state index is -0.639. The molecular weight excluding hydrogens is 496 g/mol. The van der Waals surface area contributed by atoms with Crippen molar-refractivity contribution >= 4 is 39.2 Å². The fourth-order valence-electron chi connectivity index (χ4n) is 3.30. The summed E-state index contributed by atoms with van der Waals surface area (Å²) in [6, 6.07) is 19.7. The second-order valence-corrected chi connectivity index (χ2v) is 8.43. The third-order valence-electron chi connectivity index (χ3n) is 5.12. The van der Waals surface area contributed by atoms with Crippen molar-refractivity contribution < 1.29 is 9.53 Å². The van der Waals surface area contributed by atoms with Gasteiger partial charge in [0.15, 0.2) is 0 Å². The zero-order valence-corrected chi connectivity index (χ0v) is 20.0. The van der Waals surface area contributed by atoms with Gasteiger partial charge in [-0.3, -0.25) is 14.0 Å². The Balaban J connectivity index is 1.84. The van der Waals surface area contributed by atoms with Gasteiger partial charge in [-0.15, -0.1) is 0 Å². The zero-order chi connectivity index (χ0) is 24.2. The smallest absolute Gasteiger partial charge is 0.269 e. The van der Waals surface area contributed by atoms with E-state index in [-0.39, 0.29) is 17.0 Å². The molecule has 0 fully saturated rings. The van der Waals surface area contributed by atoms with E-state index in [0.717, 1.165) is 15.6 Å². The molecule has 0 aliphatic rings. The second kappa shape index (κ2) is 9.73. The van der Waals surface area contributed by atoms with Gasteiger partial charge in [-0.25, -0.2) is 0 Å². The average Bonchev–Trinajstić information content (AvgIpc) is 2.82. The Kier molecular flexibility index (Phi) is 6.57. The summed E-state index contributed by atoms with van der Waals surface area (Å²) in [4.78, 5) is 30.8. The Morgan fingerprint density at radius 1 is 1.09 bits per heavy atom. The molecule has 0 aliphatic heterocycles. The van der Waals surface area contributed by atoms with Gasteiger partial charge in [0.05, 0.1) is 0 Å². The van der Waals surface area contributed by atoms with Gasteiger partial charge in [-0.1, -0.05) is 40.2 Å². The first-order chi connectivity index (χ1) is 16.4. The summed E-state index contributed by atoms with van der Waals surface area (Å²) in [5.74, 6) is -0.191. The SMILES string of the molecule is Cc1ccccc1NC(=O)/C(C#N)=C\c1c(Oc2ccc(Br)cc2)nc2c(C)cccn2c1=O. The van der Waals surface area contributed by atoms with Gasteiger partial charge in [0.25, 0.3) is 11.5 Å². The minimum absolute atomic E-state index is 0.00179. The largest absolute Gasteiger partial charge is 0.438 e. The average molecular weight is 515 g/mol. The number of amides is 1. The number of pyridine rings is 1. The quantitative estimate of drug-likeness (QED) is 0.283. The number of anilines is 1. The van der Waals surface area contributed by atoms with Crippen LogP contribution in [0.25, 0.3) is 11.7 Å². The summed E-state index contributed by atoms with van der Waals surface area (Å²) in [7, 11) is 0. The number of nitrogens with one attached hydrogen (secondary N) is 1. The fraction of sp³-hybridized carbons (Fsp3) is 0.0769. The van der Waals surface area contributed by atoms with Crippen LogP contribution >= 0.6 is 15.9 Å². The van der Waals surface area contributed by atoms with Gasteiger partial charge >= 0.3 is 0 Å². The number of hydrogen-bond acceptors (Lipinski definition) is 5. The van der Waals surface area contributed by atoms with Crippen molar-refractivity contribution in [1.82, 2.24) is 9.38 Å². The maximum atomic E-state index is 13.4. The number of carbonyl (C=O) groups excluding carboxylic acids is 1. The van der Waals surface area contributed by atoms with Crippen LogP contribution in [-0.2, 0) is 4.79 Å². The molecule has 34 heavy (non-hydrogen) atoms. The van der Waals surface area contributed by atoms with Crippen molar-refractivity contribution in [2.45, 2.75) is 13.8 Å². The van der Waals surface area contributed by atoms with Crippen LogP contribution in [0.3, 0.4) is 0 Å². The molecule has 0 spiro atoms. The maximum Gasteiger partial charge on any atom is 0.269 e. The fourth-order valence-corrected chi connectivity index (χ4v) is 3.57.